The number of aryl methyl sites for hydroxylation is 1. The average molecular weight is 240 g/mol. The van der Waals surface area contributed by atoms with Gasteiger partial charge in [0.2, 0.25) is 11.0 Å². The quantitative estimate of drug-likeness (QED) is 0.745. The summed E-state index contributed by atoms with van der Waals surface area (Å²) in [7, 11) is 0. The third kappa shape index (κ3) is 2.06. The van der Waals surface area contributed by atoms with Crippen LogP contribution in [-0.4, -0.2) is 41.5 Å². The van der Waals surface area contributed by atoms with Crippen molar-refractivity contribution in [1.29, 1.82) is 0 Å². The van der Waals surface area contributed by atoms with E-state index in [1.54, 1.807) is 6.92 Å². The van der Waals surface area contributed by atoms with E-state index < -0.39 is 5.97 Å². The van der Waals surface area contributed by atoms with Crippen LogP contribution in [0.15, 0.2) is 11.2 Å². The number of rotatable bonds is 3. The number of thioether (sulfide) groups is 1. The van der Waals surface area contributed by atoms with Crippen molar-refractivity contribution >= 4 is 23.5 Å². The van der Waals surface area contributed by atoms with Crippen molar-refractivity contribution < 1.29 is 15.0 Å². The van der Waals surface area contributed by atoms with Crippen LogP contribution in [0.3, 0.4) is 0 Å². The summed E-state index contributed by atoms with van der Waals surface area (Å²) in [6, 6.07) is 1.45. The first kappa shape index (κ1) is 10.7. The zero-order valence-electron chi connectivity index (χ0n) is 8.28. The molecule has 2 rings (SSSR count). The second kappa shape index (κ2) is 3.97. The van der Waals surface area contributed by atoms with E-state index in [4.69, 9.17) is 5.11 Å². The summed E-state index contributed by atoms with van der Waals surface area (Å²) < 4.78 is 1.16. The fourth-order valence-electron chi connectivity index (χ4n) is 1.14. The van der Waals surface area contributed by atoms with E-state index in [2.05, 4.69) is 15.1 Å². The smallest absolute Gasteiger partial charge is 0.313 e. The number of aliphatic carboxylic acids is 1. The SMILES string of the molecule is Cc1cc(O)n2nc(SCC(=O)O)nc2n1. The molecule has 0 fully saturated rings. The Labute approximate surface area is 94.1 Å². The highest BCUT2D eigenvalue weighted by atomic mass is 32.2. The normalized spacial score (nSPS) is 10.8. The fourth-order valence-corrected chi connectivity index (χ4v) is 1.68. The van der Waals surface area contributed by atoms with Gasteiger partial charge in [0.1, 0.15) is 0 Å². The molecule has 0 amide bonds. The summed E-state index contributed by atoms with van der Waals surface area (Å²) >= 11 is 0.975. The van der Waals surface area contributed by atoms with Crippen LogP contribution < -0.4 is 0 Å². The van der Waals surface area contributed by atoms with Gasteiger partial charge in [-0.3, -0.25) is 4.79 Å². The van der Waals surface area contributed by atoms with Crippen molar-refractivity contribution in [3.8, 4) is 5.88 Å². The van der Waals surface area contributed by atoms with Crippen LogP contribution >= 0.6 is 11.8 Å². The maximum absolute atomic E-state index is 10.4. The molecule has 0 aliphatic heterocycles. The molecule has 0 atom stereocenters. The van der Waals surface area contributed by atoms with Crippen molar-refractivity contribution in [1.82, 2.24) is 19.6 Å². The largest absolute Gasteiger partial charge is 0.493 e. The Kier molecular flexibility index (Phi) is 2.65. The van der Waals surface area contributed by atoms with Gasteiger partial charge < -0.3 is 10.2 Å². The Hall–Kier alpha value is -1.83. The lowest BCUT2D eigenvalue weighted by atomic mass is 10.4. The molecule has 2 N–H and O–H groups in total. The maximum atomic E-state index is 10.4. The number of fused-ring (bicyclic) bond motifs is 1. The molecule has 0 radical (unpaired) electrons. The number of hydrogen-bond acceptors (Lipinski definition) is 6. The third-order valence-electron chi connectivity index (χ3n) is 1.73. The molecule has 2 aromatic heterocycles. The standard InChI is InChI=1S/C8H8N4O3S/c1-4-2-5(13)12-7(9-4)10-8(11-12)16-3-6(14)15/h2,13H,3H2,1H3,(H,14,15). The lowest BCUT2D eigenvalue weighted by Gasteiger charge is -1.95. The molecule has 84 valence electrons. The highest BCUT2D eigenvalue weighted by Gasteiger charge is 2.10. The number of aromatic hydroxyl groups is 1. The Morgan fingerprint density at radius 3 is 3.00 bits per heavy atom. The van der Waals surface area contributed by atoms with Gasteiger partial charge in [0.15, 0.2) is 0 Å². The molecule has 0 saturated heterocycles. The number of carboxylic acid groups (broad SMARTS) is 1. The molecular formula is C8H8N4O3S. The van der Waals surface area contributed by atoms with E-state index >= 15 is 0 Å². The molecule has 0 aliphatic rings. The molecule has 2 heterocycles. The molecule has 2 aromatic rings. The number of hydrogen-bond donors (Lipinski definition) is 2. The zero-order valence-corrected chi connectivity index (χ0v) is 9.10. The van der Waals surface area contributed by atoms with Crippen LogP contribution in [0.4, 0.5) is 0 Å². The van der Waals surface area contributed by atoms with Gasteiger partial charge in [-0.2, -0.15) is 9.50 Å². The summed E-state index contributed by atoms with van der Waals surface area (Å²) in [6.07, 6.45) is 0. The topological polar surface area (TPSA) is 101 Å². The predicted octanol–water partition coefficient (Wildman–Crippen LogP) is 0.315. The molecule has 0 aliphatic carbocycles. The summed E-state index contributed by atoms with van der Waals surface area (Å²) in [5, 5.41) is 22.2. The fraction of sp³-hybridized carbons (Fsp3) is 0.250. The van der Waals surface area contributed by atoms with Crippen molar-refractivity contribution in [3.05, 3.63) is 11.8 Å². The Morgan fingerprint density at radius 2 is 2.31 bits per heavy atom. The predicted molar refractivity (Wildman–Crippen MR) is 55.5 cm³/mol. The number of aromatic nitrogens is 4. The molecular weight excluding hydrogens is 232 g/mol. The van der Waals surface area contributed by atoms with Gasteiger partial charge in [0.05, 0.1) is 5.75 Å². The van der Waals surface area contributed by atoms with Gasteiger partial charge in [0.25, 0.3) is 5.78 Å². The minimum absolute atomic E-state index is 0.0721. The van der Waals surface area contributed by atoms with Gasteiger partial charge in [-0.25, -0.2) is 4.98 Å². The van der Waals surface area contributed by atoms with Gasteiger partial charge in [0, 0.05) is 11.8 Å². The minimum atomic E-state index is -0.947. The molecule has 8 heteroatoms. The van der Waals surface area contributed by atoms with Crippen molar-refractivity contribution in [2.45, 2.75) is 12.1 Å². The van der Waals surface area contributed by atoms with E-state index in [0.29, 0.717) is 5.69 Å². The van der Waals surface area contributed by atoms with Gasteiger partial charge in [-0.1, -0.05) is 11.8 Å². The Morgan fingerprint density at radius 1 is 1.56 bits per heavy atom. The van der Waals surface area contributed by atoms with Crippen LogP contribution in [0, 0.1) is 6.92 Å². The van der Waals surface area contributed by atoms with Crippen molar-refractivity contribution in [2.24, 2.45) is 0 Å². The summed E-state index contributed by atoms with van der Waals surface area (Å²) in [5.41, 5.74) is 0.618. The molecule has 7 nitrogen and oxygen atoms in total. The molecule has 0 unspecified atom stereocenters. The molecule has 0 bridgehead atoms. The van der Waals surface area contributed by atoms with Gasteiger partial charge >= 0.3 is 5.97 Å². The summed E-state index contributed by atoms with van der Waals surface area (Å²) in [6.45, 7) is 1.72. The van der Waals surface area contributed by atoms with Gasteiger partial charge in [-0.15, -0.1) is 5.10 Å². The van der Waals surface area contributed by atoms with Gasteiger partial charge in [-0.05, 0) is 6.92 Å². The van der Waals surface area contributed by atoms with E-state index in [1.807, 2.05) is 0 Å². The highest BCUT2D eigenvalue weighted by Crippen LogP contribution is 2.17. The van der Waals surface area contributed by atoms with E-state index in [-0.39, 0.29) is 22.6 Å². The average Bonchev–Trinajstić information content (AvgIpc) is 2.57. The Bertz CT molecular complexity index is 553. The lowest BCUT2D eigenvalue weighted by Crippen LogP contribution is -1.98. The highest BCUT2D eigenvalue weighted by molar-refractivity contribution is 7.99. The number of nitrogens with zero attached hydrogens (tertiary/aromatic N) is 4. The first-order valence-electron chi connectivity index (χ1n) is 4.34. The summed E-state index contributed by atoms with van der Waals surface area (Å²) in [5.74, 6) is -0.892. The first-order chi connectivity index (χ1) is 7.56. The monoisotopic (exact) mass is 240 g/mol. The van der Waals surface area contributed by atoms with E-state index in [0.717, 1.165) is 16.3 Å². The third-order valence-corrected chi connectivity index (χ3v) is 2.55. The van der Waals surface area contributed by atoms with E-state index in [9.17, 15) is 9.90 Å². The lowest BCUT2D eigenvalue weighted by molar-refractivity contribution is -0.133. The minimum Gasteiger partial charge on any atom is -0.493 e. The molecule has 0 aromatic carbocycles. The summed E-state index contributed by atoms with van der Waals surface area (Å²) in [4.78, 5) is 18.4. The Balaban J connectivity index is 2.36. The van der Waals surface area contributed by atoms with E-state index in [1.165, 1.54) is 6.07 Å². The van der Waals surface area contributed by atoms with Crippen molar-refractivity contribution in [2.75, 3.05) is 5.75 Å². The molecule has 0 saturated carbocycles. The molecule has 16 heavy (non-hydrogen) atoms. The van der Waals surface area contributed by atoms with Crippen LogP contribution in [0.1, 0.15) is 5.69 Å². The number of carboxylic acids is 1. The number of carbonyl (C=O) groups is 1. The maximum Gasteiger partial charge on any atom is 0.313 e. The second-order valence-corrected chi connectivity index (χ2v) is 3.99. The van der Waals surface area contributed by atoms with Crippen LogP contribution in [0.2, 0.25) is 0 Å². The van der Waals surface area contributed by atoms with Crippen LogP contribution in [0.25, 0.3) is 5.78 Å². The van der Waals surface area contributed by atoms with Crippen LogP contribution in [0.5, 0.6) is 5.88 Å². The zero-order chi connectivity index (χ0) is 11.7. The molecule has 0 spiro atoms. The first-order valence-corrected chi connectivity index (χ1v) is 5.33. The second-order valence-electron chi connectivity index (χ2n) is 3.04. The van der Waals surface area contributed by atoms with Crippen LogP contribution in [-0.2, 0) is 4.79 Å². The van der Waals surface area contributed by atoms with Crippen molar-refractivity contribution in [3.63, 3.8) is 0 Å².